The van der Waals surface area contributed by atoms with Crippen LogP contribution in [-0.4, -0.2) is 5.11 Å². The molecule has 0 saturated carbocycles. The molecule has 1 heterocycles. The predicted molar refractivity (Wildman–Crippen MR) is 70.9 cm³/mol. The van der Waals surface area contributed by atoms with Crippen LogP contribution in [-0.2, 0) is 6.42 Å². The van der Waals surface area contributed by atoms with Gasteiger partial charge >= 0.3 is 0 Å². The molecule has 2 aromatic rings. The topological polar surface area (TPSA) is 33.4 Å². The summed E-state index contributed by atoms with van der Waals surface area (Å²) in [5, 5.41) is 10.2. The van der Waals surface area contributed by atoms with Crippen LogP contribution in [0.25, 0.3) is 0 Å². The molecular weight excluding hydrogens is 299 g/mol. The molecular formula is C14H14BrFO2. The van der Waals surface area contributed by atoms with Crippen LogP contribution in [0.4, 0.5) is 4.39 Å². The van der Waals surface area contributed by atoms with Crippen molar-refractivity contribution < 1.29 is 13.9 Å². The van der Waals surface area contributed by atoms with E-state index in [0.29, 0.717) is 16.7 Å². The van der Waals surface area contributed by atoms with Crippen LogP contribution in [0.1, 0.15) is 28.8 Å². The summed E-state index contributed by atoms with van der Waals surface area (Å²) in [5.41, 5.74) is 1.49. The first-order chi connectivity index (χ1) is 8.49. The molecule has 1 N–H and O–H groups in total. The average Bonchev–Trinajstić information content (AvgIpc) is 2.64. The van der Waals surface area contributed by atoms with Gasteiger partial charge in [0.25, 0.3) is 0 Å². The molecule has 2 rings (SSSR count). The third-order valence-corrected chi connectivity index (χ3v) is 3.77. The Morgan fingerprint density at radius 3 is 2.72 bits per heavy atom. The number of rotatable bonds is 3. The molecule has 0 saturated heterocycles. The quantitative estimate of drug-likeness (QED) is 0.926. The second-order valence-electron chi connectivity index (χ2n) is 4.30. The van der Waals surface area contributed by atoms with Crippen LogP contribution in [0.3, 0.4) is 0 Å². The fourth-order valence-electron chi connectivity index (χ4n) is 2.01. The van der Waals surface area contributed by atoms with E-state index in [4.69, 9.17) is 4.42 Å². The Balaban J connectivity index is 2.24. The Labute approximate surface area is 114 Å². The molecule has 0 fully saturated rings. The van der Waals surface area contributed by atoms with Crippen molar-refractivity contribution in [3.05, 3.63) is 57.2 Å². The van der Waals surface area contributed by atoms with Gasteiger partial charge in [0, 0.05) is 12.0 Å². The van der Waals surface area contributed by atoms with Gasteiger partial charge < -0.3 is 9.52 Å². The van der Waals surface area contributed by atoms with Crippen molar-refractivity contribution in [2.24, 2.45) is 0 Å². The highest BCUT2D eigenvalue weighted by Crippen LogP contribution is 2.28. The molecule has 0 bridgehead atoms. The Morgan fingerprint density at radius 1 is 1.39 bits per heavy atom. The van der Waals surface area contributed by atoms with Crippen molar-refractivity contribution >= 4 is 15.9 Å². The van der Waals surface area contributed by atoms with Crippen LogP contribution in [0.2, 0.25) is 0 Å². The van der Waals surface area contributed by atoms with E-state index >= 15 is 0 Å². The van der Waals surface area contributed by atoms with Crippen molar-refractivity contribution in [2.45, 2.75) is 26.4 Å². The molecule has 1 unspecified atom stereocenters. The minimum atomic E-state index is -0.694. The molecule has 1 aromatic carbocycles. The zero-order valence-electron chi connectivity index (χ0n) is 10.2. The molecule has 0 aliphatic carbocycles. The molecule has 18 heavy (non-hydrogen) atoms. The summed E-state index contributed by atoms with van der Waals surface area (Å²) in [7, 11) is 0. The van der Waals surface area contributed by atoms with E-state index in [1.807, 2.05) is 19.9 Å². The third-order valence-electron chi connectivity index (χ3n) is 2.88. The van der Waals surface area contributed by atoms with Crippen LogP contribution in [0.5, 0.6) is 0 Å². The Kier molecular flexibility index (Phi) is 3.88. The number of aliphatic hydroxyl groups excluding tert-OH is 1. The average molecular weight is 313 g/mol. The zero-order valence-corrected chi connectivity index (χ0v) is 11.8. The largest absolute Gasteiger partial charge is 0.466 e. The number of furan rings is 1. The lowest BCUT2D eigenvalue weighted by atomic mass is 10.0. The van der Waals surface area contributed by atoms with Crippen molar-refractivity contribution in [1.29, 1.82) is 0 Å². The number of hydrogen-bond acceptors (Lipinski definition) is 2. The summed E-state index contributed by atoms with van der Waals surface area (Å²) in [6.45, 7) is 3.65. The third kappa shape index (κ3) is 2.65. The highest BCUT2D eigenvalue weighted by Gasteiger charge is 2.17. The van der Waals surface area contributed by atoms with Crippen LogP contribution in [0, 0.1) is 19.7 Å². The summed E-state index contributed by atoms with van der Waals surface area (Å²) in [5.74, 6) is 1.15. The molecule has 1 aromatic heterocycles. The number of hydrogen-bond donors (Lipinski definition) is 1. The first kappa shape index (κ1) is 13.3. The number of halogens is 2. The van der Waals surface area contributed by atoms with Gasteiger partial charge in [0.05, 0.1) is 10.6 Å². The lowest BCUT2D eigenvalue weighted by Gasteiger charge is -2.11. The maximum atomic E-state index is 13.4. The predicted octanol–water partition coefficient (Wildman–Crippen LogP) is 4.07. The molecule has 4 heteroatoms. The van der Waals surface area contributed by atoms with E-state index in [0.717, 1.165) is 16.9 Å². The number of aryl methyl sites for hydroxylation is 2. The normalized spacial score (nSPS) is 12.7. The van der Waals surface area contributed by atoms with E-state index in [1.54, 1.807) is 12.1 Å². The second kappa shape index (κ2) is 5.24. The highest BCUT2D eigenvalue weighted by atomic mass is 79.9. The Bertz CT molecular complexity index is 563. The maximum absolute atomic E-state index is 13.4. The van der Waals surface area contributed by atoms with Crippen LogP contribution >= 0.6 is 15.9 Å². The smallest absolute Gasteiger partial charge is 0.137 e. The van der Waals surface area contributed by atoms with Gasteiger partial charge in [-0.05, 0) is 47.5 Å². The lowest BCUT2D eigenvalue weighted by Crippen LogP contribution is -2.03. The number of aliphatic hydroxyl groups is 1. The fraction of sp³-hybridized carbons (Fsp3) is 0.286. The maximum Gasteiger partial charge on any atom is 0.137 e. The molecule has 96 valence electrons. The lowest BCUT2D eigenvalue weighted by molar-refractivity contribution is 0.176. The van der Waals surface area contributed by atoms with Gasteiger partial charge in [0.2, 0.25) is 0 Å². The van der Waals surface area contributed by atoms with Crippen molar-refractivity contribution in [3.8, 4) is 0 Å². The first-order valence-corrected chi connectivity index (χ1v) is 6.46. The SMILES string of the molecule is Cc1cc(C(O)Cc2cccc(F)c2Br)c(C)o1. The minimum absolute atomic E-state index is 0.320. The Hall–Kier alpha value is -1.13. The summed E-state index contributed by atoms with van der Waals surface area (Å²) in [6, 6.07) is 6.62. The van der Waals surface area contributed by atoms with Gasteiger partial charge in [-0.1, -0.05) is 12.1 Å². The van der Waals surface area contributed by atoms with Gasteiger partial charge in [-0.25, -0.2) is 4.39 Å². The van der Waals surface area contributed by atoms with Gasteiger partial charge in [-0.15, -0.1) is 0 Å². The summed E-state index contributed by atoms with van der Waals surface area (Å²) in [6.07, 6.45) is -0.349. The van der Waals surface area contributed by atoms with Gasteiger partial charge in [0.15, 0.2) is 0 Å². The van der Waals surface area contributed by atoms with Crippen molar-refractivity contribution in [2.75, 3.05) is 0 Å². The van der Waals surface area contributed by atoms with Crippen LogP contribution in [0.15, 0.2) is 33.2 Å². The molecule has 0 aliphatic heterocycles. The van der Waals surface area contributed by atoms with E-state index in [-0.39, 0.29) is 5.82 Å². The van der Waals surface area contributed by atoms with E-state index in [9.17, 15) is 9.50 Å². The standard InChI is InChI=1S/C14H14BrFO2/c1-8-6-11(9(2)18-8)13(17)7-10-4-3-5-12(16)14(10)15/h3-6,13,17H,7H2,1-2H3. The summed E-state index contributed by atoms with van der Waals surface area (Å²) >= 11 is 3.20. The monoisotopic (exact) mass is 312 g/mol. The summed E-state index contributed by atoms with van der Waals surface area (Å²) in [4.78, 5) is 0. The van der Waals surface area contributed by atoms with E-state index in [2.05, 4.69) is 15.9 Å². The molecule has 0 radical (unpaired) electrons. The van der Waals surface area contributed by atoms with Crippen LogP contribution < -0.4 is 0 Å². The highest BCUT2D eigenvalue weighted by molar-refractivity contribution is 9.10. The van der Waals surface area contributed by atoms with Crippen molar-refractivity contribution in [3.63, 3.8) is 0 Å². The van der Waals surface area contributed by atoms with E-state index < -0.39 is 6.10 Å². The fourth-order valence-corrected chi connectivity index (χ4v) is 2.43. The molecule has 2 nitrogen and oxygen atoms in total. The molecule has 0 amide bonds. The first-order valence-electron chi connectivity index (χ1n) is 5.67. The summed E-state index contributed by atoms with van der Waals surface area (Å²) < 4.78 is 19.2. The second-order valence-corrected chi connectivity index (χ2v) is 5.09. The molecule has 1 atom stereocenters. The number of benzene rings is 1. The van der Waals surface area contributed by atoms with Gasteiger partial charge in [-0.3, -0.25) is 0 Å². The van der Waals surface area contributed by atoms with Gasteiger partial charge in [-0.2, -0.15) is 0 Å². The Morgan fingerprint density at radius 2 is 2.11 bits per heavy atom. The van der Waals surface area contributed by atoms with Gasteiger partial charge in [0.1, 0.15) is 17.3 Å². The molecule has 0 spiro atoms. The minimum Gasteiger partial charge on any atom is -0.466 e. The van der Waals surface area contributed by atoms with E-state index in [1.165, 1.54) is 6.07 Å². The van der Waals surface area contributed by atoms with Crippen molar-refractivity contribution in [1.82, 2.24) is 0 Å². The zero-order chi connectivity index (χ0) is 13.3. The molecule has 0 aliphatic rings.